The van der Waals surface area contributed by atoms with Crippen molar-refractivity contribution < 1.29 is 14.1 Å². The van der Waals surface area contributed by atoms with Gasteiger partial charge in [0.1, 0.15) is 5.75 Å². The van der Waals surface area contributed by atoms with Gasteiger partial charge in [-0.05, 0) is 56.7 Å². The number of rotatable bonds is 6. The van der Waals surface area contributed by atoms with Gasteiger partial charge in [-0.2, -0.15) is 4.98 Å². The number of aryl methyl sites for hydroxylation is 1. The molecule has 0 bridgehead atoms. The second kappa shape index (κ2) is 8.22. The summed E-state index contributed by atoms with van der Waals surface area (Å²) >= 11 is 5.94. The number of hydrogen-bond acceptors (Lipinski definition) is 5. The number of ether oxygens (including phenoxy) is 1. The zero-order chi connectivity index (χ0) is 19.4. The van der Waals surface area contributed by atoms with E-state index in [9.17, 15) is 4.79 Å². The molecule has 27 heavy (non-hydrogen) atoms. The average molecular weight is 386 g/mol. The second-order valence-corrected chi connectivity index (χ2v) is 6.86. The summed E-state index contributed by atoms with van der Waals surface area (Å²) in [6.07, 6.45) is 0. The van der Waals surface area contributed by atoms with Gasteiger partial charge < -0.3 is 14.6 Å². The summed E-state index contributed by atoms with van der Waals surface area (Å²) in [5.74, 6) is 1.31. The van der Waals surface area contributed by atoms with Crippen LogP contribution in [-0.2, 0) is 6.61 Å². The van der Waals surface area contributed by atoms with Gasteiger partial charge in [0.25, 0.3) is 11.8 Å². The SMILES string of the molecule is Cc1cc(Cl)ccc1OCc1nc(-c2cccc(C(=O)NC(C)C)c2)no1. The zero-order valence-corrected chi connectivity index (χ0v) is 16.1. The van der Waals surface area contributed by atoms with Crippen molar-refractivity contribution >= 4 is 17.5 Å². The lowest BCUT2D eigenvalue weighted by Gasteiger charge is -2.08. The van der Waals surface area contributed by atoms with Gasteiger partial charge in [0, 0.05) is 22.2 Å². The molecular weight excluding hydrogens is 366 g/mol. The van der Waals surface area contributed by atoms with Gasteiger partial charge in [0.2, 0.25) is 5.82 Å². The van der Waals surface area contributed by atoms with Gasteiger partial charge in [-0.3, -0.25) is 4.79 Å². The lowest BCUT2D eigenvalue weighted by Crippen LogP contribution is -2.30. The third-order valence-corrected chi connectivity index (χ3v) is 3.99. The van der Waals surface area contributed by atoms with Crippen LogP contribution < -0.4 is 10.1 Å². The molecule has 0 unspecified atom stereocenters. The van der Waals surface area contributed by atoms with Gasteiger partial charge in [-0.15, -0.1) is 0 Å². The number of nitrogens with zero attached hydrogens (tertiary/aromatic N) is 2. The Balaban J connectivity index is 1.71. The van der Waals surface area contributed by atoms with E-state index in [1.54, 1.807) is 30.3 Å². The molecule has 140 valence electrons. The smallest absolute Gasteiger partial charge is 0.264 e. The van der Waals surface area contributed by atoms with Crippen LogP contribution in [0, 0.1) is 6.92 Å². The normalized spacial score (nSPS) is 10.9. The number of amides is 1. The van der Waals surface area contributed by atoms with E-state index in [4.69, 9.17) is 20.9 Å². The predicted molar refractivity (Wildman–Crippen MR) is 103 cm³/mol. The maximum atomic E-state index is 12.2. The van der Waals surface area contributed by atoms with Crippen molar-refractivity contribution in [3.05, 3.63) is 64.5 Å². The Morgan fingerprint density at radius 2 is 2.07 bits per heavy atom. The van der Waals surface area contributed by atoms with Gasteiger partial charge in [-0.1, -0.05) is 28.9 Å². The minimum Gasteiger partial charge on any atom is -0.483 e. The van der Waals surface area contributed by atoms with Crippen LogP contribution in [0.5, 0.6) is 5.75 Å². The molecule has 0 aliphatic carbocycles. The Hall–Kier alpha value is -2.86. The summed E-state index contributed by atoms with van der Waals surface area (Å²) in [6, 6.07) is 12.5. The molecular formula is C20H20ClN3O3. The van der Waals surface area contributed by atoms with Crippen molar-refractivity contribution in [3.63, 3.8) is 0 Å². The molecule has 0 aliphatic rings. The first kappa shape index (κ1) is 18.9. The standard InChI is InChI=1S/C20H20ClN3O3/c1-12(2)22-20(25)15-6-4-5-14(10-15)19-23-18(27-24-19)11-26-17-8-7-16(21)9-13(17)3/h4-10,12H,11H2,1-3H3,(H,22,25). The van der Waals surface area contributed by atoms with Crippen molar-refractivity contribution in [2.45, 2.75) is 33.4 Å². The molecule has 7 heteroatoms. The molecule has 1 heterocycles. The van der Waals surface area contributed by atoms with E-state index in [1.165, 1.54) is 0 Å². The minimum absolute atomic E-state index is 0.0615. The second-order valence-electron chi connectivity index (χ2n) is 6.42. The summed E-state index contributed by atoms with van der Waals surface area (Å²) in [5.41, 5.74) is 2.16. The van der Waals surface area contributed by atoms with Crippen LogP contribution in [-0.4, -0.2) is 22.1 Å². The summed E-state index contributed by atoms with van der Waals surface area (Å²) in [7, 11) is 0. The van der Waals surface area contributed by atoms with Gasteiger partial charge >= 0.3 is 0 Å². The molecule has 1 amide bonds. The van der Waals surface area contributed by atoms with Gasteiger partial charge in [-0.25, -0.2) is 0 Å². The van der Waals surface area contributed by atoms with Crippen LogP contribution in [0.15, 0.2) is 47.0 Å². The highest BCUT2D eigenvalue weighted by atomic mass is 35.5. The highest BCUT2D eigenvalue weighted by Crippen LogP contribution is 2.23. The average Bonchev–Trinajstić information content (AvgIpc) is 3.09. The number of aromatic nitrogens is 2. The molecule has 0 atom stereocenters. The highest BCUT2D eigenvalue weighted by molar-refractivity contribution is 6.30. The summed E-state index contributed by atoms with van der Waals surface area (Å²) in [6.45, 7) is 5.88. The van der Waals surface area contributed by atoms with Crippen molar-refractivity contribution in [3.8, 4) is 17.1 Å². The number of carbonyl (C=O) groups excluding carboxylic acids is 1. The Morgan fingerprint density at radius 1 is 1.26 bits per heavy atom. The molecule has 0 aliphatic heterocycles. The molecule has 3 rings (SSSR count). The van der Waals surface area contributed by atoms with Crippen molar-refractivity contribution in [1.82, 2.24) is 15.5 Å². The predicted octanol–water partition coefficient (Wildman–Crippen LogP) is 4.42. The molecule has 0 saturated carbocycles. The molecule has 1 N–H and O–H groups in total. The van der Waals surface area contributed by atoms with E-state index in [0.717, 1.165) is 5.56 Å². The molecule has 0 saturated heterocycles. The largest absolute Gasteiger partial charge is 0.483 e. The first-order chi connectivity index (χ1) is 12.9. The van der Waals surface area contributed by atoms with Crippen LogP contribution in [0.3, 0.4) is 0 Å². The Kier molecular flexibility index (Phi) is 5.76. The Labute approximate surface area is 162 Å². The zero-order valence-electron chi connectivity index (χ0n) is 15.3. The van der Waals surface area contributed by atoms with Crippen LogP contribution >= 0.6 is 11.6 Å². The lowest BCUT2D eigenvalue weighted by atomic mass is 10.1. The van der Waals surface area contributed by atoms with E-state index >= 15 is 0 Å². The molecule has 0 fully saturated rings. The summed E-state index contributed by atoms with van der Waals surface area (Å²) in [4.78, 5) is 16.5. The van der Waals surface area contributed by atoms with E-state index in [2.05, 4.69) is 15.5 Å². The third kappa shape index (κ3) is 4.86. The van der Waals surface area contributed by atoms with E-state index in [1.807, 2.05) is 32.9 Å². The first-order valence-corrected chi connectivity index (χ1v) is 8.93. The molecule has 0 spiro atoms. The fraction of sp³-hybridized carbons (Fsp3) is 0.250. The number of hydrogen-bond donors (Lipinski definition) is 1. The van der Waals surface area contributed by atoms with Crippen molar-refractivity contribution in [1.29, 1.82) is 0 Å². The molecule has 2 aromatic carbocycles. The van der Waals surface area contributed by atoms with Gasteiger partial charge in [0.15, 0.2) is 6.61 Å². The number of benzene rings is 2. The Morgan fingerprint density at radius 3 is 2.81 bits per heavy atom. The topological polar surface area (TPSA) is 77.2 Å². The fourth-order valence-electron chi connectivity index (χ4n) is 2.49. The molecule has 1 aromatic heterocycles. The maximum absolute atomic E-state index is 12.2. The lowest BCUT2D eigenvalue weighted by molar-refractivity contribution is 0.0943. The summed E-state index contributed by atoms with van der Waals surface area (Å²) in [5, 5.41) is 7.49. The number of nitrogens with one attached hydrogen (secondary N) is 1. The van der Waals surface area contributed by atoms with Crippen LogP contribution in [0.25, 0.3) is 11.4 Å². The van der Waals surface area contributed by atoms with Crippen molar-refractivity contribution in [2.24, 2.45) is 0 Å². The van der Waals surface area contributed by atoms with Crippen LogP contribution in [0.2, 0.25) is 5.02 Å². The maximum Gasteiger partial charge on any atom is 0.264 e. The van der Waals surface area contributed by atoms with E-state index < -0.39 is 0 Å². The quantitative estimate of drug-likeness (QED) is 0.679. The minimum atomic E-state index is -0.142. The molecule has 6 nitrogen and oxygen atoms in total. The first-order valence-electron chi connectivity index (χ1n) is 8.55. The Bertz CT molecular complexity index is 953. The fourth-order valence-corrected chi connectivity index (χ4v) is 2.72. The monoisotopic (exact) mass is 385 g/mol. The third-order valence-electron chi connectivity index (χ3n) is 3.76. The van der Waals surface area contributed by atoms with Crippen molar-refractivity contribution in [2.75, 3.05) is 0 Å². The van der Waals surface area contributed by atoms with Crippen LogP contribution in [0.1, 0.15) is 35.7 Å². The summed E-state index contributed by atoms with van der Waals surface area (Å²) < 4.78 is 11.0. The molecule has 0 radical (unpaired) electrons. The van der Waals surface area contributed by atoms with E-state index in [-0.39, 0.29) is 18.6 Å². The highest BCUT2D eigenvalue weighted by Gasteiger charge is 2.13. The number of carbonyl (C=O) groups is 1. The van der Waals surface area contributed by atoms with E-state index in [0.29, 0.717) is 33.6 Å². The van der Waals surface area contributed by atoms with Crippen LogP contribution in [0.4, 0.5) is 0 Å². The number of halogens is 1. The van der Waals surface area contributed by atoms with Gasteiger partial charge in [0.05, 0.1) is 0 Å². The molecule has 3 aromatic rings.